The minimum atomic E-state index is -3.67. The lowest BCUT2D eigenvalue weighted by Gasteiger charge is -2.39. The van der Waals surface area contributed by atoms with Crippen molar-refractivity contribution >= 4 is 26.6 Å². The van der Waals surface area contributed by atoms with Crippen molar-refractivity contribution in [2.45, 2.75) is 30.2 Å². The summed E-state index contributed by atoms with van der Waals surface area (Å²) in [5.41, 5.74) is 6.79. The maximum absolute atomic E-state index is 12.9. The van der Waals surface area contributed by atoms with Crippen LogP contribution in [0.15, 0.2) is 102 Å². The molecular weight excluding hydrogens is 506 g/mol. The average Bonchev–Trinajstić information content (AvgIpc) is 3.35. The maximum atomic E-state index is 12.9. The number of H-pyrrole nitrogens is 1. The number of hydrogen-bond donors (Lipinski definition) is 3. The highest BCUT2D eigenvalue weighted by molar-refractivity contribution is 7.92. The molecule has 0 saturated carbocycles. The fourth-order valence-electron chi connectivity index (χ4n) is 5.59. The monoisotopic (exact) mass is 537 g/mol. The first-order chi connectivity index (χ1) is 18.8. The zero-order valence-electron chi connectivity index (χ0n) is 22.2. The predicted octanol–water partition coefficient (Wildman–Crippen LogP) is 6.28. The van der Waals surface area contributed by atoms with Crippen LogP contribution in [0.1, 0.15) is 40.8 Å². The molecule has 0 saturated heterocycles. The molecule has 1 aliphatic heterocycles. The topological polar surface area (TPSA) is 83.2 Å². The second kappa shape index (κ2) is 9.59. The zero-order chi connectivity index (χ0) is 27.2. The van der Waals surface area contributed by atoms with E-state index in [9.17, 15) is 8.42 Å². The van der Waals surface area contributed by atoms with Crippen molar-refractivity contribution in [2.75, 3.05) is 18.4 Å². The van der Waals surface area contributed by atoms with Gasteiger partial charge in [-0.2, -0.15) is 0 Å². The fourth-order valence-corrected chi connectivity index (χ4v) is 6.65. The van der Waals surface area contributed by atoms with Gasteiger partial charge in [0, 0.05) is 34.7 Å². The molecule has 0 radical (unpaired) electrons. The number of ether oxygens (including phenoxy) is 1. The van der Waals surface area contributed by atoms with E-state index in [1.165, 1.54) is 16.5 Å². The van der Waals surface area contributed by atoms with Gasteiger partial charge in [-0.25, -0.2) is 8.42 Å². The first-order valence-corrected chi connectivity index (χ1v) is 14.5. The van der Waals surface area contributed by atoms with Crippen LogP contribution in [0.5, 0.6) is 5.75 Å². The van der Waals surface area contributed by atoms with Crippen molar-refractivity contribution < 1.29 is 13.2 Å². The third kappa shape index (κ3) is 4.47. The van der Waals surface area contributed by atoms with E-state index in [0.717, 1.165) is 34.6 Å². The molecule has 1 aromatic heterocycles. The Morgan fingerprint density at radius 3 is 2.28 bits per heavy atom. The van der Waals surface area contributed by atoms with Gasteiger partial charge in [0.2, 0.25) is 0 Å². The van der Waals surface area contributed by atoms with Crippen LogP contribution >= 0.6 is 0 Å². The number of hydrogen-bond acceptors (Lipinski definition) is 4. The molecule has 6 nitrogen and oxygen atoms in total. The molecule has 1 aliphatic rings. The van der Waals surface area contributed by atoms with Gasteiger partial charge in [0.1, 0.15) is 5.75 Å². The van der Waals surface area contributed by atoms with Crippen LogP contribution in [-0.2, 0) is 15.6 Å². The molecule has 6 rings (SSSR count). The van der Waals surface area contributed by atoms with Crippen LogP contribution < -0.4 is 14.8 Å². The first-order valence-electron chi connectivity index (χ1n) is 13.0. The molecule has 4 aromatic carbocycles. The molecular formula is C32H31N3O3S. The number of methoxy groups -OCH3 is 1. The fraction of sp³-hybridized carbons (Fsp3) is 0.188. The summed E-state index contributed by atoms with van der Waals surface area (Å²) in [6, 6.07) is 31.2. The summed E-state index contributed by atoms with van der Waals surface area (Å²) in [5.74, 6) is 1.00. The minimum Gasteiger partial charge on any atom is -0.497 e. The Labute approximate surface area is 229 Å². The van der Waals surface area contributed by atoms with E-state index in [0.29, 0.717) is 5.69 Å². The SMILES string of the molecule is COc1ccc([C@@H]2CN[C@@](C)(c3ccc(NS(=O)(=O)c4ccc(C)cc4)cc3)c3[nH]c4ccccc4c32)cc1. The summed E-state index contributed by atoms with van der Waals surface area (Å²) in [4.78, 5) is 3.95. The maximum Gasteiger partial charge on any atom is 0.261 e. The van der Waals surface area contributed by atoms with Crippen molar-refractivity contribution in [3.63, 3.8) is 0 Å². The Morgan fingerprint density at radius 2 is 1.59 bits per heavy atom. The number of sulfonamides is 1. The average molecular weight is 538 g/mol. The summed E-state index contributed by atoms with van der Waals surface area (Å²) in [5, 5.41) is 5.02. The summed E-state index contributed by atoms with van der Waals surface area (Å²) < 4.78 is 33.9. The van der Waals surface area contributed by atoms with Gasteiger partial charge in [0.15, 0.2) is 0 Å². The third-order valence-corrected chi connectivity index (χ3v) is 9.22. The van der Waals surface area contributed by atoms with Crippen molar-refractivity contribution in [1.82, 2.24) is 10.3 Å². The van der Waals surface area contributed by atoms with E-state index < -0.39 is 15.6 Å². The van der Waals surface area contributed by atoms with Crippen LogP contribution in [0.2, 0.25) is 0 Å². The molecule has 0 fully saturated rings. The highest BCUT2D eigenvalue weighted by Gasteiger charge is 2.40. The van der Waals surface area contributed by atoms with Gasteiger partial charge in [-0.1, -0.05) is 60.2 Å². The number of aryl methyl sites for hydroxylation is 1. The number of benzene rings is 4. The summed E-state index contributed by atoms with van der Waals surface area (Å²) in [7, 11) is -1.99. The quantitative estimate of drug-likeness (QED) is 0.238. The Hall–Kier alpha value is -4.07. The van der Waals surface area contributed by atoms with Crippen molar-refractivity contribution in [3.8, 4) is 5.75 Å². The van der Waals surface area contributed by atoms with Crippen LogP contribution in [0, 0.1) is 6.92 Å². The standard InChI is InChI=1S/C32H31N3O3S/c1-21-8-18-26(19-9-21)39(36,37)35-24-14-12-23(13-15-24)32(2)31-30(27-6-4-5-7-29(27)34-31)28(20-33-32)22-10-16-25(38-3)17-11-22/h4-19,28,33-35H,20H2,1-3H3/t28-,32-/m0/s1. The molecule has 0 aliphatic carbocycles. The van der Waals surface area contributed by atoms with E-state index in [-0.39, 0.29) is 10.8 Å². The van der Waals surface area contributed by atoms with E-state index in [1.807, 2.05) is 49.4 Å². The third-order valence-electron chi connectivity index (χ3n) is 7.82. The molecule has 2 heterocycles. The molecule has 2 atom stereocenters. The predicted molar refractivity (Wildman–Crippen MR) is 156 cm³/mol. The van der Waals surface area contributed by atoms with Crippen molar-refractivity contribution in [1.29, 1.82) is 0 Å². The summed E-state index contributed by atoms with van der Waals surface area (Å²) in [6.07, 6.45) is 0. The van der Waals surface area contributed by atoms with Gasteiger partial charge in [-0.3, -0.25) is 4.72 Å². The van der Waals surface area contributed by atoms with Gasteiger partial charge in [-0.15, -0.1) is 0 Å². The van der Waals surface area contributed by atoms with Crippen molar-refractivity contribution in [2.24, 2.45) is 0 Å². The summed E-state index contributed by atoms with van der Waals surface area (Å²) >= 11 is 0. The Bertz CT molecular complexity index is 1740. The molecule has 39 heavy (non-hydrogen) atoms. The Kier molecular flexibility index (Phi) is 6.20. The van der Waals surface area contributed by atoms with Gasteiger partial charge < -0.3 is 15.0 Å². The lowest BCUT2D eigenvalue weighted by atomic mass is 9.76. The molecule has 0 bridgehead atoms. The van der Waals surface area contributed by atoms with Gasteiger partial charge in [0.05, 0.1) is 17.5 Å². The van der Waals surface area contributed by atoms with Crippen molar-refractivity contribution in [3.05, 3.63) is 125 Å². The Balaban J connectivity index is 1.36. The molecule has 0 spiro atoms. The molecule has 0 unspecified atom stereocenters. The lowest BCUT2D eigenvalue weighted by molar-refractivity contribution is 0.389. The van der Waals surface area contributed by atoms with Gasteiger partial charge in [-0.05, 0) is 73.0 Å². The number of fused-ring (bicyclic) bond motifs is 3. The number of para-hydroxylation sites is 1. The number of aromatic nitrogens is 1. The number of rotatable bonds is 6. The highest BCUT2D eigenvalue weighted by Crippen LogP contribution is 2.44. The molecule has 0 amide bonds. The van der Waals surface area contributed by atoms with Crippen LogP contribution in [0.4, 0.5) is 5.69 Å². The van der Waals surface area contributed by atoms with E-state index >= 15 is 0 Å². The van der Waals surface area contributed by atoms with E-state index in [1.54, 1.807) is 31.4 Å². The lowest BCUT2D eigenvalue weighted by Crippen LogP contribution is -2.47. The molecule has 5 aromatic rings. The van der Waals surface area contributed by atoms with Gasteiger partial charge in [0.25, 0.3) is 10.0 Å². The smallest absolute Gasteiger partial charge is 0.261 e. The number of anilines is 1. The molecule has 7 heteroatoms. The van der Waals surface area contributed by atoms with Crippen LogP contribution in [-0.4, -0.2) is 27.1 Å². The number of aromatic amines is 1. The summed E-state index contributed by atoms with van der Waals surface area (Å²) in [6.45, 7) is 4.86. The normalized spacial score (nSPS) is 19.0. The minimum absolute atomic E-state index is 0.163. The highest BCUT2D eigenvalue weighted by atomic mass is 32.2. The Morgan fingerprint density at radius 1 is 0.897 bits per heavy atom. The largest absolute Gasteiger partial charge is 0.497 e. The zero-order valence-corrected chi connectivity index (χ0v) is 23.0. The van der Waals surface area contributed by atoms with E-state index in [2.05, 4.69) is 52.3 Å². The molecule has 198 valence electrons. The molecule has 3 N–H and O–H groups in total. The first kappa shape index (κ1) is 25.2. The van der Waals surface area contributed by atoms with Crippen LogP contribution in [0.3, 0.4) is 0 Å². The van der Waals surface area contributed by atoms with Crippen LogP contribution in [0.25, 0.3) is 10.9 Å². The van der Waals surface area contributed by atoms with Gasteiger partial charge >= 0.3 is 0 Å². The second-order valence-electron chi connectivity index (χ2n) is 10.3. The second-order valence-corrected chi connectivity index (χ2v) is 12.0. The number of nitrogens with one attached hydrogen (secondary N) is 3. The van der Waals surface area contributed by atoms with E-state index in [4.69, 9.17) is 4.74 Å².